The van der Waals surface area contributed by atoms with E-state index in [-0.39, 0.29) is 0 Å². The Morgan fingerprint density at radius 2 is 2.05 bits per heavy atom. The van der Waals surface area contributed by atoms with E-state index in [1.807, 2.05) is 18.7 Å². The Balaban J connectivity index is 2.26. The number of carboxylic acid groups (broad SMARTS) is 1. The van der Waals surface area contributed by atoms with E-state index >= 15 is 0 Å². The summed E-state index contributed by atoms with van der Waals surface area (Å²) >= 11 is 0. The lowest BCUT2D eigenvalue weighted by Crippen LogP contribution is -2.45. The van der Waals surface area contributed by atoms with E-state index in [2.05, 4.69) is 4.98 Å². The van der Waals surface area contributed by atoms with Gasteiger partial charge in [-0.2, -0.15) is 0 Å². The average molecular weight is 291 g/mol. The zero-order valence-electron chi connectivity index (χ0n) is 12.4. The smallest absolute Gasteiger partial charge is 0.309 e. The number of hydrogen-bond acceptors (Lipinski definition) is 4. The summed E-state index contributed by atoms with van der Waals surface area (Å²) in [5, 5.41) is 9.42. The van der Waals surface area contributed by atoms with Crippen LogP contribution in [0.3, 0.4) is 0 Å². The number of piperidine rings is 1. The molecule has 1 fully saturated rings. The number of hydrogen-bond donors (Lipinski definition) is 2. The third-order valence-corrected chi connectivity index (χ3v) is 4.54. The van der Waals surface area contributed by atoms with Crippen molar-refractivity contribution >= 4 is 17.7 Å². The first-order valence-electron chi connectivity index (χ1n) is 7.15. The van der Waals surface area contributed by atoms with Crippen molar-refractivity contribution < 1.29 is 14.7 Å². The molecule has 1 saturated heterocycles. The number of carbonyl (C=O) groups is 2. The molecule has 0 saturated carbocycles. The summed E-state index contributed by atoms with van der Waals surface area (Å²) < 4.78 is 0. The number of aliphatic carboxylic acids is 1. The van der Waals surface area contributed by atoms with Crippen molar-refractivity contribution in [3.8, 4) is 0 Å². The number of nitrogens with zero attached hydrogens (tertiary/aromatic N) is 2. The molecule has 2 rings (SSSR count). The monoisotopic (exact) mass is 291 g/mol. The first-order chi connectivity index (χ1) is 9.91. The van der Waals surface area contributed by atoms with E-state index in [4.69, 9.17) is 5.73 Å². The fourth-order valence-electron chi connectivity index (χ4n) is 2.95. The highest BCUT2D eigenvalue weighted by molar-refractivity contribution is 5.99. The number of anilines is 1. The van der Waals surface area contributed by atoms with Gasteiger partial charge in [0.1, 0.15) is 5.82 Å². The third-order valence-electron chi connectivity index (χ3n) is 4.54. The highest BCUT2D eigenvalue weighted by atomic mass is 16.4. The molecule has 1 aromatic rings. The van der Waals surface area contributed by atoms with Gasteiger partial charge in [0.05, 0.1) is 11.0 Å². The van der Waals surface area contributed by atoms with Gasteiger partial charge in [0.15, 0.2) is 0 Å². The van der Waals surface area contributed by atoms with Crippen LogP contribution in [0, 0.1) is 12.3 Å². The van der Waals surface area contributed by atoms with Crippen LogP contribution in [0.25, 0.3) is 0 Å². The van der Waals surface area contributed by atoms with Crippen LogP contribution in [0.4, 0.5) is 5.82 Å². The van der Waals surface area contributed by atoms with E-state index in [0.29, 0.717) is 43.7 Å². The maximum Gasteiger partial charge on any atom is 0.309 e. The van der Waals surface area contributed by atoms with Gasteiger partial charge in [0, 0.05) is 19.3 Å². The zero-order chi connectivity index (χ0) is 15.6. The Morgan fingerprint density at radius 1 is 1.43 bits per heavy atom. The van der Waals surface area contributed by atoms with E-state index in [0.717, 1.165) is 5.56 Å². The second-order valence-electron chi connectivity index (χ2n) is 5.62. The molecule has 0 aliphatic carbocycles. The number of carbonyl (C=O) groups excluding carboxylic acids is 1. The Bertz CT molecular complexity index is 563. The lowest BCUT2D eigenvalue weighted by Gasteiger charge is -2.39. The van der Waals surface area contributed by atoms with Gasteiger partial charge in [-0.1, -0.05) is 6.92 Å². The largest absolute Gasteiger partial charge is 0.481 e. The molecule has 0 unspecified atom stereocenters. The van der Waals surface area contributed by atoms with Gasteiger partial charge in [0.25, 0.3) is 5.91 Å². The molecule has 0 aromatic carbocycles. The minimum atomic E-state index is -0.739. The number of aryl methyl sites for hydroxylation is 1. The number of carboxylic acids is 1. The van der Waals surface area contributed by atoms with Gasteiger partial charge in [-0.3, -0.25) is 9.59 Å². The third kappa shape index (κ3) is 2.70. The first kappa shape index (κ1) is 15.3. The number of rotatable bonds is 4. The second kappa shape index (κ2) is 5.71. The predicted molar refractivity (Wildman–Crippen MR) is 79.3 cm³/mol. The summed E-state index contributed by atoms with van der Waals surface area (Å²) in [7, 11) is 0. The fraction of sp³-hybridized carbons (Fsp3) is 0.533. The summed E-state index contributed by atoms with van der Waals surface area (Å²) in [5.41, 5.74) is 6.01. The number of pyridine rings is 1. The lowest BCUT2D eigenvalue weighted by molar-refractivity contribution is -0.150. The van der Waals surface area contributed by atoms with Gasteiger partial charge in [0.2, 0.25) is 0 Å². The van der Waals surface area contributed by atoms with Gasteiger partial charge in [-0.15, -0.1) is 0 Å². The molecule has 21 heavy (non-hydrogen) atoms. The SMILES string of the molecule is CCC1(C(=O)O)CCN(c2nccc(C)c2C(N)=O)CC1. The van der Waals surface area contributed by atoms with Gasteiger partial charge in [-0.25, -0.2) is 4.98 Å². The van der Waals surface area contributed by atoms with Crippen LogP contribution in [0.15, 0.2) is 12.3 Å². The fourth-order valence-corrected chi connectivity index (χ4v) is 2.95. The van der Waals surface area contributed by atoms with Crippen molar-refractivity contribution in [3.63, 3.8) is 0 Å². The van der Waals surface area contributed by atoms with Crippen LogP contribution < -0.4 is 10.6 Å². The molecular formula is C15H21N3O3. The van der Waals surface area contributed by atoms with Crippen molar-refractivity contribution in [2.45, 2.75) is 33.1 Å². The Labute approximate surface area is 124 Å². The topological polar surface area (TPSA) is 96.5 Å². The number of nitrogens with two attached hydrogens (primary N) is 1. The van der Waals surface area contributed by atoms with E-state index in [1.165, 1.54) is 0 Å². The van der Waals surface area contributed by atoms with Crippen LogP contribution in [-0.4, -0.2) is 35.1 Å². The van der Waals surface area contributed by atoms with Crippen molar-refractivity contribution in [1.82, 2.24) is 4.98 Å². The summed E-state index contributed by atoms with van der Waals surface area (Å²) in [6.45, 7) is 4.86. The highest BCUT2D eigenvalue weighted by Gasteiger charge is 2.40. The molecule has 0 atom stereocenters. The van der Waals surface area contributed by atoms with Crippen molar-refractivity contribution in [3.05, 3.63) is 23.4 Å². The summed E-state index contributed by atoms with van der Waals surface area (Å²) in [4.78, 5) is 29.4. The molecule has 1 amide bonds. The van der Waals surface area contributed by atoms with Gasteiger partial charge >= 0.3 is 5.97 Å². The predicted octanol–water partition coefficient (Wildman–Crippen LogP) is 1.57. The maximum absolute atomic E-state index is 11.6. The number of primary amides is 1. The molecule has 0 spiro atoms. The van der Waals surface area contributed by atoms with Crippen LogP contribution >= 0.6 is 0 Å². The average Bonchev–Trinajstić information content (AvgIpc) is 2.46. The molecule has 1 aromatic heterocycles. The molecule has 1 aliphatic rings. The zero-order valence-corrected chi connectivity index (χ0v) is 12.4. The highest BCUT2D eigenvalue weighted by Crippen LogP contribution is 2.37. The minimum absolute atomic E-state index is 0.428. The quantitative estimate of drug-likeness (QED) is 0.877. The Hall–Kier alpha value is -2.11. The first-order valence-corrected chi connectivity index (χ1v) is 7.15. The van der Waals surface area contributed by atoms with Crippen molar-refractivity contribution in [2.24, 2.45) is 11.1 Å². The number of amides is 1. The van der Waals surface area contributed by atoms with Crippen LogP contribution in [0.2, 0.25) is 0 Å². The standard InChI is InChI=1S/C15H21N3O3/c1-3-15(14(20)21)5-8-18(9-6-15)13-11(12(16)19)10(2)4-7-17-13/h4,7H,3,5-6,8-9H2,1-2H3,(H2,16,19)(H,20,21). The van der Waals surface area contributed by atoms with Crippen LogP contribution in [-0.2, 0) is 4.79 Å². The van der Waals surface area contributed by atoms with Gasteiger partial charge < -0.3 is 15.7 Å². The van der Waals surface area contributed by atoms with E-state index in [9.17, 15) is 14.7 Å². The summed E-state index contributed by atoms with van der Waals surface area (Å²) in [6, 6.07) is 1.75. The van der Waals surface area contributed by atoms with Crippen LogP contribution in [0.1, 0.15) is 42.1 Å². The molecule has 0 bridgehead atoms. The summed E-state index contributed by atoms with van der Waals surface area (Å²) in [5.74, 6) is -0.671. The molecular weight excluding hydrogens is 270 g/mol. The van der Waals surface area contributed by atoms with Crippen LogP contribution in [0.5, 0.6) is 0 Å². The molecule has 6 nitrogen and oxygen atoms in total. The molecule has 114 valence electrons. The number of aromatic nitrogens is 1. The molecule has 2 heterocycles. The normalized spacial score (nSPS) is 17.5. The minimum Gasteiger partial charge on any atom is -0.481 e. The molecule has 0 radical (unpaired) electrons. The second-order valence-corrected chi connectivity index (χ2v) is 5.62. The van der Waals surface area contributed by atoms with Crippen molar-refractivity contribution in [2.75, 3.05) is 18.0 Å². The van der Waals surface area contributed by atoms with Gasteiger partial charge in [-0.05, 0) is 37.8 Å². The summed E-state index contributed by atoms with van der Waals surface area (Å²) in [6.07, 6.45) is 3.36. The van der Waals surface area contributed by atoms with Crippen molar-refractivity contribution in [1.29, 1.82) is 0 Å². The lowest BCUT2D eigenvalue weighted by atomic mass is 9.76. The van der Waals surface area contributed by atoms with E-state index in [1.54, 1.807) is 12.3 Å². The molecule has 1 aliphatic heterocycles. The maximum atomic E-state index is 11.6. The molecule has 3 N–H and O–H groups in total. The Morgan fingerprint density at radius 3 is 2.52 bits per heavy atom. The molecule has 6 heteroatoms. The van der Waals surface area contributed by atoms with E-state index < -0.39 is 17.3 Å². The Kier molecular flexibility index (Phi) is 4.16.